The molecule has 0 N–H and O–H groups in total. The van der Waals surface area contributed by atoms with Crippen LogP contribution < -0.4 is 4.90 Å². The number of halogens is 1. The number of aromatic nitrogens is 4. The fraction of sp³-hybridized carbons (Fsp3) is 0.435. The van der Waals surface area contributed by atoms with Crippen LogP contribution in [0.25, 0.3) is 0 Å². The van der Waals surface area contributed by atoms with Crippen LogP contribution in [0, 0.1) is 5.82 Å². The molecule has 1 aromatic heterocycles. The predicted octanol–water partition coefficient (Wildman–Crippen LogP) is 3.91. The standard InChI is InChI=1S/C23H29FN6/c1-2-3-12-22(23-25-26-27-30(23)18-19-9-5-4-6-10-19)29-16-14-28(15-17-29)21-13-8-7-11-20(21)24/h4-11,13,22H,2-3,12,14-18H2,1H3. The maximum atomic E-state index is 14.2. The molecule has 1 fully saturated rings. The number of anilines is 1. The first-order valence-corrected chi connectivity index (χ1v) is 10.8. The summed E-state index contributed by atoms with van der Waals surface area (Å²) in [6, 6.07) is 17.5. The first-order valence-electron chi connectivity index (χ1n) is 10.8. The molecular weight excluding hydrogens is 379 g/mol. The van der Waals surface area contributed by atoms with Crippen molar-refractivity contribution in [1.29, 1.82) is 0 Å². The van der Waals surface area contributed by atoms with Gasteiger partial charge in [0.25, 0.3) is 0 Å². The second kappa shape index (κ2) is 9.80. The Bertz CT molecular complexity index is 920. The molecule has 0 aliphatic carbocycles. The van der Waals surface area contributed by atoms with Gasteiger partial charge in [0, 0.05) is 26.2 Å². The molecule has 3 aromatic rings. The molecule has 0 radical (unpaired) electrons. The van der Waals surface area contributed by atoms with E-state index in [4.69, 9.17) is 0 Å². The third-order valence-electron chi connectivity index (χ3n) is 5.81. The SMILES string of the molecule is CCCCC(c1nnnn1Cc1ccccc1)N1CCN(c2ccccc2F)CC1. The van der Waals surface area contributed by atoms with Crippen molar-refractivity contribution in [3.05, 3.63) is 71.8 Å². The lowest BCUT2D eigenvalue weighted by molar-refractivity contribution is 0.162. The lowest BCUT2D eigenvalue weighted by Gasteiger charge is -2.39. The Kier molecular flexibility index (Phi) is 6.69. The van der Waals surface area contributed by atoms with Crippen molar-refractivity contribution < 1.29 is 4.39 Å². The van der Waals surface area contributed by atoms with Gasteiger partial charge in [-0.3, -0.25) is 4.90 Å². The second-order valence-electron chi connectivity index (χ2n) is 7.81. The van der Waals surface area contributed by atoms with Crippen LogP contribution in [0.5, 0.6) is 0 Å². The molecule has 30 heavy (non-hydrogen) atoms. The Morgan fingerprint density at radius 3 is 2.43 bits per heavy atom. The molecule has 1 aliphatic heterocycles. The van der Waals surface area contributed by atoms with Crippen LogP contribution in [0.15, 0.2) is 54.6 Å². The fourth-order valence-corrected chi connectivity index (χ4v) is 4.17. The van der Waals surface area contributed by atoms with Gasteiger partial charge in [0.15, 0.2) is 5.82 Å². The van der Waals surface area contributed by atoms with Gasteiger partial charge in [0.1, 0.15) is 5.82 Å². The van der Waals surface area contributed by atoms with Crippen LogP contribution in [0.4, 0.5) is 10.1 Å². The Morgan fingerprint density at radius 2 is 1.70 bits per heavy atom. The van der Waals surface area contributed by atoms with E-state index in [-0.39, 0.29) is 11.9 Å². The molecule has 2 heterocycles. The second-order valence-corrected chi connectivity index (χ2v) is 7.81. The zero-order valence-corrected chi connectivity index (χ0v) is 17.5. The molecule has 0 bridgehead atoms. The van der Waals surface area contributed by atoms with E-state index in [2.05, 4.69) is 44.4 Å². The zero-order chi connectivity index (χ0) is 20.8. The number of rotatable bonds is 8. The highest BCUT2D eigenvalue weighted by molar-refractivity contribution is 5.48. The number of unbranched alkanes of at least 4 members (excludes halogenated alkanes) is 1. The minimum Gasteiger partial charge on any atom is -0.367 e. The summed E-state index contributed by atoms with van der Waals surface area (Å²) in [7, 11) is 0. The van der Waals surface area contributed by atoms with E-state index in [0.29, 0.717) is 12.2 Å². The molecule has 7 heteroatoms. The van der Waals surface area contributed by atoms with Gasteiger partial charge in [0.05, 0.1) is 18.3 Å². The highest BCUT2D eigenvalue weighted by atomic mass is 19.1. The minimum absolute atomic E-state index is 0.153. The van der Waals surface area contributed by atoms with Crippen LogP contribution >= 0.6 is 0 Å². The van der Waals surface area contributed by atoms with Gasteiger partial charge in [-0.25, -0.2) is 9.07 Å². The van der Waals surface area contributed by atoms with E-state index < -0.39 is 0 Å². The molecule has 1 aliphatic rings. The number of hydrogen-bond donors (Lipinski definition) is 0. The molecule has 0 spiro atoms. The predicted molar refractivity (Wildman–Crippen MR) is 116 cm³/mol. The van der Waals surface area contributed by atoms with Crippen molar-refractivity contribution in [1.82, 2.24) is 25.1 Å². The van der Waals surface area contributed by atoms with Gasteiger partial charge >= 0.3 is 0 Å². The van der Waals surface area contributed by atoms with Gasteiger partial charge < -0.3 is 4.90 Å². The molecule has 1 atom stereocenters. The van der Waals surface area contributed by atoms with E-state index in [9.17, 15) is 4.39 Å². The van der Waals surface area contributed by atoms with E-state index in [1.54, 1.807) is 6.07 Å². The normalized spacial score (nSPS) is 16.0. The zero-order valence-electron chi connectivity index (χ0n) is 17.5. The molecule has 158 valence electrons. The highest BCUT2D eigenvalue weighted by Crippen LogP contribution is 2.28. The highest BCUT2D eigenvalue weighted by Gasteiger charge is 2.29. The van der Waals surface area contributed by atoms with Crippen LogP contribution in [0.2, 0.25) is 0 Å². The van der Waals surface area contributed by atoms with Gasteiger partial charge in [-0.1, -0.05) is 62.2 Å². The maximum absolute atomic E-state index is 14.2. The molecule has 0 saturated carbocycles. The lowest BCUT2D eigenvalue weighted by atomic mass is 10.1. The third-order valence-corrected chi connectivity index (χ3v) is 5.81. The van der Waals surface area contributed by atoms with Crippen molar-refractivity contribution >= 4 is 5.69 Å². The number of para-hydroxylation sites is 1. The van der Waals surface area contributed by atoms with E-state index in [0.717, 1.165) is 51.3 Å². The summed E-state index contributed by atoms with van der Waals surface area (Å²) in [5, 5.41) is 12.7. The summed E-state index contributed by atoms with van der Waals surface area (Å²) in [6.45, 7) is 6.19. The van der Waals surface area contributed by atoms with Crippen LogP contribution in [-0.2, 0) is 6.54 Å². The number of hydrogen-bond acceptors (Lipinski definition) is 5. The summed E-state index contributed by atoms with van der Waals surface area (Å²) in [6.07, 6.45) is 3.27. The fourth-order valence-electron chi connectivity index (χ4n) is 4.17. The smallest absolute Gasteiger partial charge is 0.168 e. The first kappa shape index (κ1) is 20.5. The Labute approximate surface area is 177 Å². The van der Waals surface area contributed by atoms with Crippen molar-refractivity contribution in [2.45, 2.75) is 38.8 Å². The monoisotopic (exact) mass is 408 g/mol. The largest absolute Gasteiger partial charge is 0.367 e. The summed E-state index contributed by atoms with van der Waals surface area (Å²) >= 11 is 0. The van der Waals surface area contributed by atoms with E-state index >= 15 is 0 Å². The Balaban J connectivity index is 1.49. The summed E-state index contributed by atoms with van der Waals surface area (Å²) < 4.78 is 16.1. The molecule has 0 amide bonds. The topological polar surface area (TPSA) is 50.1 Å². The van der Waals surface area contributed by atoms with Gasteiger partial charge in [-0.2, -0.15) is 0 Å². The van der Waals surface area contributed by atoms with Crippen LogP contribution in [0.3, 0.4) is 0 Å². The van der Waals surface area contributed by atoms with Crippen molar-refractivity contribution in [2.24, 2.45) is 0 Å². The van der Waals surface area contributed by atoms with Crippen molar-refractivity contribution in [3.63, 3.8) is 0 Å². The average molecular weight is 409 g/mol. The third kappa shape index (κ3) is 4.67. The maximum Gasteiger partial charge on any atom is 0.168 e. The molecule has 6 nitrogen and oxygen atoms in total. The summed E-state index contributed by atoms with van der Waals surface area (Å²) in [4.78, 5) is 4.59. The van der Waals surface area contributed by atoms with Gasteiger partial charge in [0.2, 0.25) is 0 Å². The molecule has 1 saturated heterocycles. The Morgan fingerprint density at radius 1 is 0.967 bits per heavy atom. The Hall–Kier alpha value is -2.80. The lowest BCUT2D eigenvalue weighted by Crippen LogP contribution is -2.48. The average Bonchev–Trinajstić information content (AvgIpc) is 3.23. The van der Waals surface area contributed by atoms with Crippen molar-refractivity contribution in [3.8, 4) is 0 Å². The number of tetrazole rings is 1. The van der Waals surface area contributed by atoms with Gasteiger partial charge in [-0.05, 0) is 34.5 Å². The van der Waals surface area contributed by atoms with Crippen molar-refractivity contribution in [2.75, 3.05) is 31.1 Å². The first-order chi connectivity index (χ1) is 14.8. The number of nitrogens with zero attached hydrogens (tertiary/aromatic N) is 6. The summed E-state index contributed by atoms with van der Waals surface area (Å²) in [5.74, 6) is 0.770. The molecular formula is C23H29FN6. The molecule has 2 aromatic carbocycles. The molecule has 4 rings (SSSR count). The van der Waals surface area contributed by atoms with Gasteiger partial charge in [-0.15, -0.1) is 5.10 Å². The van der Waals surface area contributed by atoms with Crippen LogP contribution in [-0.4, -0.2) is 51.3 Å². The van der Waals surface area contributed by atoms with E-state index in [1.165, 1.54) is 11.6 Å². The number of benzene rings is 2. The minimum atomic E-state index is -0.153. The van der Waals surface area contributed by atoms with Crippen LogP contribution in [0.1, 0.15) is 43.6 Å². The number of piperazine rings is 1. The molecule has 1 unspecified atom stereocenters. The van der Waals surface area contributed by atoms with E-state index in [1.807, 2.05) is 35.0 Å². The summed E-state index contributed by atoms with van der Waals surface area (Å²) in [5.41, 5.74) is 1.88. The quantitative estimate of drug-likeness (QED) is 0.566.